The van der Waals surface area contributed by atoms with Gasteiger partial charge in [-0.05, 0) is 38.5 Å². The largest absolute Gasteiger partial charge is 0.460 e. The van der Waals surface area contributed by atoms with Crippen molar-refractivity contribution in [1.82, 2.24) is 15.1 Å². The van der Waals surface area contributed by atoms with Crippen molar-refractivity contribution in [3.63, 3.8) is 0 Å². The second-order valence-corrected chi connectivity index (χ2v) is 11.6. The summed E-state index contributed by atoms with van der Waals surface area (Å²) in [4.78, 5) is 57.1. The Hall–Kier alpha value is -2.72. The van der Waals surface area contributed by atoms with Crippen LogP contribution in [-0.4, -0.2) is 94.7 Å². The molecule has 0 aromatic heterocycles. The first-order chi connectivity index (χ1) is 19.1. The second kappa shape index (κ2) is 13.8. The van der Waals surface area contributed by atoms with Gasteiger partial charge < -0.3 is 29.7 Å². The molecule has 3 rings (SSSR count). The van der Waals surface area contributed by atoms with E-state index >= 15 is 0 Å². The number of nitrogens with one attached hydrogen (secondary N) is 1. The van der Waals surface area contributed by atoms with Gasteiger partial charge in [0.25, 0.3) is 0 Å². The smallest absolute Gasteiger partial charge is 0.312 e. The van der Waals surface area contributed by atoms with E-state index in [2.05, 4.69) is 18.5 Å². The van der Waals surface area contributed by atoms with E-state index in [-0.39, 0.29) is 36.8 Å². The predicted octanol–water partition coefficient (Wildman–Crippen LogP) is 2.21. The molecule has 3 fully saturated rings. The zero-order valence-electron chi connectivity index (χ0n) is 24.5. The molecule has 7 atom stereocenters. The van der Waals surface area contributed by atoms with Crippen LogP contribution in [-0.2, 0) is 28.7 Å². The minimum Gasteiger partial charge on any atom is -0.460 e. The molecule has 3 aliphatic rings. The maximum atomic E-state index is 14.2. The molecular formula is C30H47N3O7. The minimum atomic E-state index is -1.17. The number of likely N-dealkylation sites (tertiary alicyclic amines) is 1. The molecule has 1 spiro atoms. The number of hydrogen-bond acceptors (Lipinski definition) is 7. The molecule has 3 amide bonds. The number of fused-ring (bicyclic) bond motifs is 1. The van der Waals surface area contributed by atoms with Gasteiger partial charge >= 0.3 is 5.97 Å². The van der Waals surface area contributed by atoms with Crippen LogP contribution in [0.4, 0.5) is 0 Å². The van der Waals surface area contributed by atoms with Gasteiger partial charge in [-0.2, -0.15) is 0 Å². The molecule has 3 aliphatic heterocycles. The minimum absolute atomic E-state index is 0.129. The van der Waals surface area contributed by atoms with E-state index < -0.39 is 47.7 Å². The summed E-state index contributed by atoms with van der Waals surface area (Å²) in [6, 6.07) is -1.56. The van der Waals surface area contributed by atoms with Gasteiger partial charge in [0.1, 0.15) is 17.7 Å². The summed E-state index contributed by atoms with van der Waals surface area (Å²) in [5.74, 6) is -3.20. The van der Waals surface area contributed by atoms with Crippen LogP contribution in [0.15, 0.2) is 25.3 Å². The summed E-state index contributed by atoms with van der Waals surface area (Å²) in [5, 5.41) is 13.1. The zero-order chi connectivity index (χ0) is 29.6. The molecule has 0 aromatic carbocycles. The Labute approximate surface area is 238 Å². The Morgan fingerprint density at radius 3 is 2.60 bits per heavy atom. The van der Waals surface area contributed by atoms with Gasteiger partial charge in [0.05, 0.1) is 37.1 Å². The molecule has 224 valence electrons. The number of hydrogen-bond donors (Lipinski definition) is 2. The van der Waals surface area contributed by atoms with Crippen LogP contribution < -0.4 is 5.32 Å². The number of aliphatic hydroxyl groups excluding tert-OH is 1. The Morgan fingerprint density at radius 1 is 1.27 bits per heavy atom. The molecule has 0 aliphatic carbocycles. The normalized spacial score (nSPS) is 28.2. The lowest BCUT2D eigenvalue weighted by molar-refractivity contribution is -0.160. The summed E-state index contributed by atoms with van der Waals surface area (Å²) >= 11 is 0. The van der Waals surface area contributed by atoms with Crippen LogP contribution in [0.25, 0.3) is 0 Å². The number of carbonyl (C=O) groups excluding carboxylic acids is 4. The van der Waals surface area contributed by atoms with Crippen molar-refractivity contribution in [2.45, 2.75) is 96.1 Å². The highest BCUT2D eigenvalue weighted by molar-refractivity contribution is 5.98. The van der Waals surface area contributed by atoms with Crippen molar-refractivity contribution in [3.05, 3.63) is 25.3 Å². The molecule has 3 saturated heterocycles. The highest BCUT2D eigenvalue weighted by Gasteiger charge is 2.75. The fourth-order valence-electron chi connectivity index (χ4n) is 6.48. The van der Waals surface area contributed by atoms with E-state index in [4.69, 9.17) is 9.47 Å². The molecule has 40 heavy (non-hydrogen) atoms. The molecule has 2 N–H and O–H groups in total. The summed E-state index contributed by atoms with van der Waals surface area (Å²) < 4.78 is 12.2. The third kappa shape index (κ3) is 6.12. The van der Waals surface area contributed by atoms with Crippen molar-refractivity contribution < 1.29 is 33.8 Å². The number of nitrogens with zero attached hydrogens (tertiary/aromatic N) is 2. The maximum Gasteiger partial charge on any atom is 0.312 e. The topological polar surface area (TPSA) is 125 Å². The number of esters is 1. The first-order valence-corrected chi connectivity index (χ1v) is 14.7. The quantitative estimate of drug-likeness (QED) is 0.219. The molecule has 0 radical (unpaired) electrons. The van der Waals surface area contributed by atoms with Crippen LogP contribution in [0, 0.1) is 17.8 Å². The summed E-state index contributed by atoms with van der Waals surface area (Å²) in [7, 11) is 0. The second-order valence-electron chi connectivity index (χ2n) is 11.6. The highest BCUT2D eigenvalue weighted by atomic mass is 16.6. The standard InChI is InChI=1S/C30H47N3O7/c1-7-10-12-23(35)31-17-20(6)39-29(38)24-22-13-14-30(40-22)25(24)27(36)33(21(18-34)19(4)5)26(30)28(37)32(15-9-3)16-11-8-2/h7,9,19-22,24-26,34H,1,3,8,10-18H2,2,4-6H3,(H,31,35)/t20-,21-,22+,24-,25-,26+,30-/m0/s1. The molecule has 3 heterocycles. The Kier molecular flexibility index (Phi) is 10.9. The fraction of sp³-hybridized carbons (Fsp3) is 0.733. The Balaban J connectivity index is 1.89. The summed E-state index contributed by atoms with van der Waals surface area (Å²) in [6.07, 6.45) is 5.71. The van der Waals surface area contributed by atoms with E-state index in [0.29, 0.717) is 38.8 Å². The first kappa shape index (κ1) is 31.8. The van der Waals surface area contributed by atoms with Crippen LogP contribution in [0.3, 0.4) is 0 Å². The number of amides is 3. The van der Waals surface area contributed by atoms with E-state index in [1.54, 1.807) is 24.0 Å². The van der Waals surface area contributed by atoms with Gasteiger partial charge in [-0.3, -0.25) is 19.2 Å². The molecular weight excluding hydrogens is 514 g/mol. The maximum absolute atomic E-state index is 14.2. The lowest BCUT2D eigenvalue weighted by Gasteiger charge is -2.40. The van der Waals surface area contributed by atoms with Gasteiger partial charge in [0, 0.05) is 19.5 Å². The molecule has 10 heteroatoms. The van der Waals surface area contributed by atoms with Crippen molar-refractivity contribution in [2.24, 2.45) is 17.8 Å². The van der Waals surface area contributed by atoms with Crippen LogP contribution in [0.5, 0.6) is 0 Å². The average molecular weight is 562 g/mol. The number of unbranched alkanes of at least 4 members (excludes halogenated alkanes) is 1. The van der Waals surface area contributed by atoms with Crippen molar-refractivity contribution in [3.8, 4) is 0 Å². The van der Waals surface area contributed by atoms with Crippen LogP contribution in [0.1, 0.15) is 66.2 Å². The van der Waals surface area contributed by atoms with Crippen molar-refractivity contribution >= 4 is 23.7 Å². The van der Waals surface area contributed by atoms with Gasteiger partial charge in [-0.25, -0.2) is 0 Å². The molecule has 0 aromatic rings. The SMILES string of the molecule is C=CCCC(=O)NC[C@H](C)OC(=O)[C@@H]1[C@H]2C(=O)N([C@@H](CO)C(C)C)[C@H](C(=O)N(CC=C)CCCC)[C@]23CC[C@H]1O3. The molecule has 0 unspecified atom stereocenters. The van der Waals surface area contributed by atoms with Gasteiger partial charge in [0.2, 0.25) is 17.7 Å². The number of rotatable bonds is 16. The Morgan fingerprint density at radius 2 is 2.00 bits per heavy atom. The zero-order valence-corrected chi connectivity index (χ0v) is 24.5. The van der Waals surface area contributed by atoms with E-state index in [0.717, 1.165) is 12.8 Å². The third-order valence-corrected chi connectivity index (χ3v) is 8.48. The number of aliphatic hydroxyl groups is 1. The van der Waals surface area contributed by atoms with Crippen molar-refractivity contribution in [2.75, 3.05) is 26.2 Å². The molecule has 2 bridgehead atoms. The highest BCUT2D eigenvalue weighted by Crippen LogP contribution is 2.59. The summed E-state index contributed by atoms with van der Waals surface area (Å²) in [6.45, 7) is 15.6. The number of ether oxygens (including phenoxy) is 2. The number of carbonyl (C=O) groups is 4. The van der Waals surface area contributed by atoms with Crippen LogP contribution in [0.2, 0.25) is 0 Å². The van der Waals surface area contributed by atoms with Crippen LogP contribution >= 0.6 is 0 Å². The number of allylic oxidation sites excluding steroid dienone is 1. The molecule has 10 nitrogen and oxygen atoms in total. The van der Waals surface area contributed by atoms with Gasteiger partial charge in [-0.15, -0.1) is 13.2 Å². The molecule has 0 saturated carbocycles. The van der Waals surface area contributed by atoms with E-state index in [1.807, 2.05) is 20.8 Å². The monoisotopic (exact) mass is 561 g/mol. The first-order valence-electron chi connectivity index (χ1n) is 14.7. The lowest BCUT2D eigenvalue weighted by Crippen LogP contribution is -2.59. The summed E-state index contributed by atoms with van der Waals surface area (Å²) in [5.41, 5.74) is -1.17. The van der Waals surface area contributed by atoms with E-state index in [9.17, 15) is 24.3 Å². The van der Waals surface area contributed by atoms with Crippen molar-refractivity contribution in [1.29, 1.82) is 0 Å². The van der Waals surface area contributed by atoms with Gasteiger partial charge in [0.15, 0.2) is 0 Å². The average Bonchev–Trinajstić information content (AvgIpc) is 3.56. The third-order valence-electron chi connectivity index (χ3n) is 8.48. The predicted molar refractivity (Wildman–Crippen MR) is 150 cm³/mol. The Bertz CT molecular complexity index is 969. The lowest BCUT2D eigenvalue weighted by atomic mass is 9.70. The fourth-order valence-corrected chi connectivity index (χ4v) is 6.48. The van der Waals surface area contributed by atoms with E-state index in [1.165, 1.54) is 4.90 Å². The van der Waals surface area contributed by atoms with Gasteiger partial charge in [-0.1, -0.05) is 39.3 Å².